The van der Waals surface area contributed by atoms with Crippen molar-refractivity contribution in [3.63, 3.8) is 0 Å². The molecule has 0 bridgehead atoms. The highest BCUT2D eigenvalue weighted by atomic mass is 16.5. The Hall–Kier alpha value is -2.82. The van der Waals surface area contributed by atoms with Gasteiger partial charge in [-0.2, -0.15) is 0 Å². The third-order valence-corrected chi connectivity index (χ3v) is 3.76. The predicted molar refractivity (Wildman–Crippen MR) is 94.4 cm³/mol. The Morgan fingerprint density at radius 2 is 1.83 bits per heavy atom. The number of amides is 2. The first-order valence-corrected chi connectivity index (χ1v) is 7.74. The van der Waals surface area contributed by atoms with Crippen LogP contribution in [-0.4, -0.2) is 18.9 Å². The molecule has 2 amide bonds. The fourth-order valence-electron chi connectivity index (χ4n) is 2.47. The van der Waals surface area contributed by atoms with Gasteiger partial charge in [0.05, 0.1) is 13.2 Å². The number of ether oxygens (including phenoxy) is 1. The number of rotatable bonds is 5. The zero-order valence-electron chi connectivity index (χ0n) is 14.3. The molecule has 1 unspecified atom stereocenters. The number of carbonyl (C=O) groups is 2. The molecule has 2 rings (SSSR count). The molecule has 0 aliphatic heterocycles. The SMILES string of the molecule is COc1ccccc1C(C)NC(=O)c1ccc(C)c(NC(C)=O)c1. The molecule has 0 saturated heterocycles. The van der Waals surface area contributed by atoms with Gasteiger partial charge in [0.1, 0.15) is 5.75 Å². The number of nitrogens with one attached hydrogen (secondary N) is 2. The average molecular weight is 326 g/mol. The van der Waals surface area contributed by atoms with Gasteiger partial charge in [-0.25, -0.2) is 0 Å². The minimum absolute atomic E-state index is 0.168. The third kappa shape index (κ3) is 4.13. The zero-order chi connectivity index (χ0) is 17.7. The van der Waals surface area contributed by atoms with Gasteiger partial charge >= 0.3 is 0 Å². The summed E-state index contributed by atoms with van der Waals surface area (Å²) >= 11 is 0. The average Bonchev–Trinajstić information content (AvgIpc) is 2.56. The molecule has 0 radical (unpaired) electrons. The lowest BCUT2D eigenvalue weighted by atomic mass is 10.1. The Kier molecular flexibility index (Phi) is 5.58. The summed E-state index contributed by atoms with van der Waals surface area (Å²) in [6.07, 6.45) is 0. The van der Waals surface area contributed by atoms with Crippen molar-refractivity contribution in [3.05, 3.63) is 59.2 Å². The summed E-state index contributed by atoms with van der Waals surface area (Å²) in [5, 5.41) is 5.69. The van der Waals surface area contributed by atoms with Crippen LogP contribution in [0.25, 0.3) is 0 Å². The minimum atomic E-state index is -0.209. The molecule has 2 aromatic carbocycles. The van der Waals surface area contributed by atoms with Crippen LogP contribution in [0.1, 0.15) is 41.4 Å². The summed E-state index contributed by atoms with van der Waals surface area (Å²) < 4.78 is 5.33. The number of aryl methyl sites for hydroxylation is 1. The van der Waals surface area contributed by atoms with Crippen molar-refractivity contribution in [3.8, 4) is 5.75 Å². The van der Waals surface area contributed by atoms with E-state index in [1.54, 1.807) is 19.2 Å². The Morgan fingerprint density at radius 3 is 2.50 bits per heavy atom. The van der Waals surface area contributed by atoms with Gasteiger partial charge in [-0.15, -0.1) is 0 Å². The number of para-hydroxylation sites is 1. The van der Waals surface area contributed by atoms with Gasteiger partial charge in [0.2, 0.25) is 5.91 Å². The second kappa shape index (κ2) is 7.64. The standard InChI is InChI=1S/C19H22N2O3/c1-12-9-10-15(11-17(12)21-14(3)22)19(23)20-13(2)16-7-5-6-8-18(16)24-4/h5-11,13H,1-4H3,(H,20,23)(H,21,22). The minimum Gasteiger partial charge on any atom is -0.496 e. The van der Waals surface area contributed by atoms with Crippen molar-refractivity contribution in [1.82, 2.24) is 5.32 Å². The van der Waals surface area contributed by atoms with Crippen LogP contribution < -0.4 is 15.4 Å². The van der Waals surface area contributed by atoms with Crippen LogP contribution in [0, 0.1) is 6.92 Å². The van der Waals surface area contributed by atoms with E-state index in [9.17, 15) is 9.59 Å². The molecule has 0 aliphatic rings. The molecule has 2 N–H and O–H groups in total. The van der Waals surface area contributed by atoms with Crippen molar-refractivity contribution in [2.24, 2.45) is 0 Å². The van der Waals surface area contributed by atoms with E-state index in [2.05, 4.69) is 10.6 Å². The second-order valence-electron chi connectivity index (χ2n) is 5.65. The molecular weight excluding hydrogens is 304 g/mol. The summed E-state index contributed by atoms with van der Waals surface area (Å²) in [6.45, 7) is 5.22. The van der Waals surface area contributed by atoms with E-state index in [0.29, 0.717) is 11.3 Å². The Morgan fingerprint density at radius 1 is 1.12 bits per heavy atom. The van der Waals surface area contributed by atoms with E-state index in [0.717, 1.165) is 16.9 Å². The number of benzene rings is 2. The quantitative estimate of drug-likeness (QED) is 0.884. The maximum absolute atomic E-state index is 12.5. The molecule has 126 valence electrons. The van der Waals surface area contributed by atoms with Gasteiger partial charge in [0.25, 0.3) is 5.91 Å². The van der Waals surface area contributed by atoms with Crippen molar-refractivity contribution in [2.75, 3.05) is 12.4 Å². The van der Waals surface area contributed by atoms with Crippen LogP contribution in [0.5, 0.6) is 5.75 Å². The number of hydrogen-bond acceptors (Lipinski definition) is 3. The van der Waals surface area contributed by atoms with Gasteiger partial charge in [-0.3, -0.25) is 9.59 Å². The smallest absolute Gasteiger partial charge is 0.251 e. The molecule has 0 aromatic heterocycles. The van der Waals surface area contributed by atoms with Crippen LogP contribution in [0.2, 0.25) is 0 Å². The van der Waals surface area contributed by atoms with Crippen LogP contribution in [0.15, 0.2) is 42.5 Å². The molecule has 2 aromatic rings. The van der Waals surface area contributed by atoms with E-state index >= 15 is 0 Å². The van der Waals surface area contributed by atoms with Gasteiger partial charge in [0, 0.05) is 23.7 Å². The summed E-state index contributed by atoms with van der Waals surface area (Å²) in [4.78, 5) is 23.8. The summed E-state index contributed by atoms with van der Waals surface area (Å²) in [7, 11) is 1.60. The maximum atomic E-state index is 12.5. The molecule has 5 heteroatoms. The Labute approximate surface area is 142 Å². The monoisotopic (exact) mass is 326 g/mol. The maximum Gasteiger partial charge on any atom is 0.251 e. The van der Waals surface area contributed by atoms with Crippen molar-refractivity contribution >= 4 is 17.5 Å². The van der Waals surface area contributed by atoms with Crippen molar-refractivity contribution in [2.45, 2.75) is 26.8 Å². The normalized spacial score (nSPS) is 11.5. The van der Waals surface area contributed by atoms with E-state index in [1.165, 1.54) is 6.92 Å². The van der Waals surface area contributed by atoms with Crippen LogP contribution >= 0.6 is 0 Å². The first kappa shape index (κ1) is 17.5. The van der Waals surface area contributed by atoms with Crippen LogP contribution in [-0.2, 0) is 4.79 Å². The number of carbonyl (C=O) groups excluding carboxylic acids is 2. The van der Waals surface area contributed by atoms with E-state index in [-0.39, 0.29) is 17.9 Å². The largest absolute Gasteiger partial charge is 0.496 e. The molecule has 24 heavy (non-hydrogen) atoms. The summed E-state index contributed by atoms with van der Waals surface area (Å²) in [5.41, 5.74) is 2.94. The number of methoxy groups -OCH3 is 1. The lowest BCUT2D eigenvalue weighted by molar-refractivity contribution is -0.114. The summed E-state index contributed by atoms with van der Waals surface area (Å²) in [6, 6.07) is 12.6. The topological polar surface area (TPSA) is 67.4 Å². The molecule has 5 nitrogen and oxygen atoms in total. The first-order valence-electron chi connectivity index (χ1n) is 7.74. The lowest BCUT2D eigenvalue weighted by Gasteiger charge is -2.18. The highest BCUT2D eigenvalue weighted by Crippen LogP contribution is 2.25. The fourth-order valence-corrected chi connectivity index (χ4v) is 2.47. The summed E-state index contributed by atoms with van der Waals surface area (Å²) in [5.74, 6) is 0.353. The highest BCUT2D eigenvalue weighted by Gasteiger charge is 2.15. The molecule has 1 atom stereocenters. The van der Waals surface area contributed by atoms with Gasteiger partial charge in [-0.1, -0.05) is 24.3 Å². The van der Waals surface area contributed by atoms with E-state index < -0.39 is 0 Å². The molecule has 0 heterocycles. The molecular formula is C19H22N2O3. The lowest BCUT2D eigenvalue weighted by Crippen LogP contribution is -2.27. The zero-order valence-corrected chi connectivity index (χ0v) is 14.3. The van der Waals surface area contributed by atoms with Crippen molar-refractivity contribution < 1.29 is 14.3 Å². The Balaban J connectivity index is 2.19. The van der Waals surface area contributed by atoms with Crippen LogP contribution in [0.4, 0.5) is 5.69 Å². The van der Waals surface area contributed by atoms with E-state index in [4.69, 9.17) is 4.74 Å². The molecule has 0 aliphatic carbocycles. The molecule has 0 spiro atoms. The highest BCUT2D eigenvalue weighted by molar-refractivity contribution is 5.97. The Bertz CT molecular complexity index is 756. The van der Waals surface area contributed by atoms with Crippen molar-refractivity contribution in [1.29, 1.82) is 0 Å². The number of anilines is 1. The fraction of sp³-hybridized carbons (Fsp3) is 0.263. The second-order valence-corrected chi connectivity index (χ2v) is 5.65. The third-order valence-electron chi connectivity index (χ3n) is 3.76. The first-order chi connectivity index (χ1) is 11.4. The van der Waals surface area contributed by atoms with Crippen LogP contribution in [0.3, 0.4) is 0 Å². The van der Waals surface area contributed by atoms with Gasteiger partial charge in [-0.05, 0) is 37.6 Å². The predicted octanol–water partition coefficient (Wildman–Crippen LogP) is 3.45. The van der Waals surface area contributed by atoms with E-state index in [1.807, 2.05) is 44.2 Å². The molecule has 0 fully saturated rings. The molecule has 0 saturated carbocycles. The van der Waals surface area contributed by atoms with Gasteiger partial charge < -0.3 is 15.4 Å². The number of hydrogen-bond donors (Lipinski definition) is 2. The van der Waals surface area contributed by atoms with Gasteiger partial charge in [0.15, 0.2) is 0 Å².